The number of halogens is 4. The van der Waals surface area contributed by atoms with Crippen molar-refractivity contribution >= 4 is 28.2 Å². The molecule has 5 nitrogen and oxygen atoms in total. The maximum Gasteiger partial charge on any atom is 0.435 e. The van der Waals surface area contributed by atoms with E-state index in [4.69, 9.17) is 11.6 Å². The first-order chi connectivity index (χ1) is 11.4. The van der Waals surface area contributed by atoms with Crippen molar-refractivity contribution in [3.8, 4) is 5.69 Å². The van der Waals surface area contributed by atoms with Gasteiger partial charge in [0.15, 0.2) is 11.3 Å². The third kappa shape index (κ3) is 2.06. The molecule has 0 saturated heterocycles. The summed E-state index contributed by atoms with van der Waals surface area (Å²) in [5, 5.41) is 5.44. The number of hydrogen-bond donors (Lipinski definition) is 0. The van der Waals surface area contributed by atoms with Gasteiger partial charge in [0, 0.05) is 5.39 Å². The number of para-hydroxylation sites is 1. The lowest BCUT2D eigenvalue weighted by atomic mass is 10.2. The highest BCUT2D eigenvalue weighted by Gasteiger charge is 2.37. The standard InChI is InChI=1S/C15H9ClF3N5/c1-8-13(15(17,18)19)22-14-11(6-20-7-23(8)14)24-12-9(5-21-24)3-2-4-10(12)16/h2-7H,1H3. The lowest BCUT2D eigenvalue weighted by molar-refractivity contribution is -0.141. The van der Waals surface area contributed by atoms with E-state index >= 15 is 0 Å². The Kier molecular flexibility index (Phi) is 3.08. The normalized spacial score (nSPS) is 12.4. The maximum absolute atomic E-state index is 13.1. The average molecular weight is 352 g/mol. The Hall–Kier alpha value is -2.61. The lowest BCUT2D eigenvalue weighted by Crippen LogP contribution is -2.07. The van der Waals surface area contributed by atoms with Crippen molar-refractivity contribution in [1.82, 2.24) is 24.1 Å². The highest BCUT2D eigenvalue weighted by molar-refractivity contribution is 6.35. The van der Waals surface area contributed by atoms with Crippen LogP contribution in [0.2, 0.25) is 5.02 Å². The van der Waals surface area contributed by atoms with Crippen molar-refractivity contribution < 1.29 is 13.2 Å². The Morgan fingerprint density at radius 2 is 1.96 bits per heavy atom. The molecule has 9 heteroatoms. The molecule has 0 radical (unpaired) electrons. The predicted molar refractivity (Wildman–Crippen MR) is 82.4 cm³/mol. The molecule has 24 heavy (non-hydrogen) atoms. The predicted octanol–water partition coefficient (Wildman–Crippen LogP) is 4.05. The Labute approximate surface area is 138 Å². The molecule has 4 rings (SSSR count). The Morgan fingerprint density at radius 3 is 2.71 bits per heavy atom. The number of hydrogen-bond acceptors (Lipinski definition) is 3. The maximum atomic E-state index is 13.1. The van der Waals surface area contributed by atoms with Crippen molar-refractivity contribution in [3.05, 3.63) is 53.3 Å². The van der Waals surface area contributed by atoms with Gasteiger partial charge in [-0.25, -0.2) is 14.6 Å². The fourth-order valence-corrected chi connectivity index (χ4v) is 2.96. The summed E-state index contributed by atoms with van der Waals surface area (Å²) < 4.78 is 42.2. The monoisotopic (exact) mass is 351 g/mol. The molecule has 0 amide bonds. The zero-order valence-corrected chi connectivity index (χ0v) is 13.0. The number of rotatable bonds is 1. The Balaban J connectivity index is 2.07. The van der Waals surface area contributed by atoms with Crippen molar-refractivity contribution in [2.45, 2.75) is 13.1 Å². The zero-order valence-electron chi connectivity index (χ0n) is 12.2. The summed E-state index contributed by atoms with van der Waals surface area (Å²) in [6, 6.07) is 5.28. The number of benzene rings is 1. The zero-order chi connectivity index (χ0) is 17.1. The molecule has 0 N–H and O–H groups in total. The molecule has 0 bridgehead atoms. The molecular weight excluding hydrogens is 343 g/mol. The summed E-state index contributed by atoms with van der Waals surface area (Å²) in [6.45, 7) is 1.35. The lowest BCUT2D eigenvalue weighted by Gasteiger charge is -2.06. The second-order valence-corrected chi connectivity index (χ2v) is 5.66. The molecule has 4 aromatic rings. The van der Waals surface area contributed by atoms with Gasteiger partial charge in [0.25, 0.3) is 0 Å². The summed E-state index contributed by atoms with van der Waals surface area (Å²) >= 11 is 6.23. The SMILES string of the molecule is Cc1c(C(F)(F)F)nc2c(-n3ncc4cccc(Cl)c43)cncn12. The van der Waals surface area contributed by atoms with E-state index in [0.717, 1.165) is 5.39 Å². The first-order valence-corrected chi connectivity index (χ1v) is 7.28. The fourth-order valence-electron chi connectivity index (χ4n) is 2.70. The van der Waals surface area contributed by atoms with Gasteiger partial charge in [0.1, 0.15) is 12.0 Å². The number of nitrogens with zero attached hydrogens (tertiary/aromatic N) is 5. The van der Waals surface area contributed by atoms with Gasteiger partial charge in [0.2, 0.25) is 0 Å². The third-order valence-corrected chi connectivity index (χ3v) is 4.10. The van der Waals surface area contributed by atoms with Crippen LogP contribution in [-0.4, -0.2) is 24.1 Å². The highest BCUT2D eigenvalue weighted by Crippen LogP contribution is 2.33. The van der Waals surface area contributed by atoms with Crippen LogP contribution in [0, 0.1) is 6.92 Å². The van der Waals surface area contributed by atoms with E-state index in [1.165, 1.54) is 28.5 Å². The van der Waals surface area contributed by atoms with Gasteiger partial charge in [0.05, 0.1) is 28.6 Å². The smallest absolute Gasteiger partial charge is 0.285 e. The van der Waals surface area contributed by atoms with Gasteiger partial charge in [-0.2, -0.15) is 18.3 Å². The van der Waals surface area contributed by atoms with Crippen molar-refractivity contribution in [2.75, 3.05) is 0 Å². The van der Waals surface area contributed by atoms with Gasteiger partial charge in [-0.15, -0.1) is 0 Å². The molecule has 3 heterocycles. The van der Waals surface area contributed by atoms with Gasteiger partial charge >= 0.3 is 6.18 Å². The summed E-state index contributed by atoms with van der Waals surface area (Å²) in [7, 11) is 0. The second kappa shape index (κ2) is 4.94. The van der Waals surface area contributed by atoms with Crippen LogP contribution < -0.4 is 0 Å². The largest absolute Gasteiger partial charge is 0.435 e. The van der Waals surface area contributed by atoms with E-state index in [2.05, 4.69) is 15.1 Å². The van der Waals surface area contributed by atoms with E-state index in [-0.39, 0.29) is 11.3 Å². The quantitative estimate of drug-likeness (QED) is 0.520. The number of fused-ring (bicyclic) bond motifs is 2. The van der Waals surface area contributed by atoms with Crippen molar-refractivity contribution in [2.24, 2.45) is 0 Å². The van der Waals surface area contributed by atoms with Crippen molar-refractivity contribution in [3.63, 3.8) is 0 Å². The third-order valence-electron chi connectivity index (χ3n) is 3.80. The highest BCUT2D eigenvalue weighted by atomic mass is 35.5. The van der Waals surface area contributed by atoms with Crippen LogP contribution in [0.25, 0.3) is 22.2 Å². The van der Waals surface area contributed by atoms with E-state index in [9.17, 15) is 13.2 Å². The van der Waals surface area contributed by atoms with Crippen molar-refractivity contribution in [1.29, 1.82) is 0 Å². The summed E-state index contributed by atoms with van der Waals surface area (Å²) in [5.74, 6) is 0. The van der Waals surface area contributed by atoms with Crippen LogP contribution in [-0.2, 0) is 6.18 Å². The molecule has 0 saturated carbocycles. The van der Waals surface area contributed by atoms with E-state index < -0.39 is 11.9 Å². The Bertz CT molecular complexity index is 1080. The molecule has 0 aliphatic heterocycles. The molecule has 0 aliphatic carbocycles. The molecule has 122 valence electrons. The first kappa shape index (κ1) is 14.9. The van der Waals surface area contributed by atoms with Crippen LogP contribution in [0.1, 0.15) is 11.4 Å². The summed E-state index contributed by atoms with van der Waals surface area (Å²) in [5.41, 5.74) is 0.0379. The van der Waals surface area contributed by atoms with Gasteiger partial charge in [-0.3, -0.25) is 4.40 Å². The molecule has 0 fully saturated rings. The first-order valence-electron chi connectivity index (χ1n) is 6.90. The molecule has 0 atom stereocenters. The van der Waals surface area contributed by atoms with E-state index in [1.807, 2.05) is 6.07 Å². The summed E-state index contributed by atoms with van der Waals surface area (Å²) in [4.78, 5) is 7.78. The average Bonchev–Trinajstić information content (AvgIpc) is 3.10. The van der Waals surface area contributed by atoms with E-state index in [1.54, 1.807) is 18.3 Å². The minimum atomic E-state index is -4.54. The molecule has 0 unspecified atom stereocenters. The number of alkyl halides is 3. The number of aromatic nitrogens is 5. The summed E-state index contributed by atoms with van der Waals surface area (Å²) in [6.07, 6.45) is -0.246. The topological polar surface area (TPSA) is 48.0 Å². The number of imidazole rings is 1. The molecule has 3 aromatic heterocycles. The van der Waals surface area contributed by atoms with Crippen LogP contribution in [0.5, 0.6) is 0 Å². The molecule has 0 spiro atoms. The molecule has 0 aliphatic rings. The fraction of sp³-hybridized carbons (Fsp3) is 0.133. The van der Waals surface area contributed by atoms with Crippen LogP contribution in [0.4, 0.5) is 13.2 Å². The minimum Gasteiger partial charge on any atom is -0.285 e. The van der Waals surface area contributed by atoms with Gasteiger partial charge < -0.3 is 0 Å². The number of aryl methyl sites for hydroxylation is 1. The molecule has 1 aromatic carbocycles. The van der Waals surface area contributed by atoms with E-state index in [0.29, 0.717) is 16.2 Å². The Morgan fingerprint density at radius 1 is 1.17 bits per heavy atom. The van der Waals surface area contributed by atoms with Gasteiger partial charge in [-0.1, -0.05) is 23.7 Å². The second-order valence-electron chi connectivity index (χ2n) is 5.25. The molecular formula is C15H9ClF3N5. The van der Waals surface area contributed by atoms with Crippen LogP contribution in [0.3, 0.4) is 0 Å². The van der Waals surface area contributed by atoms with Crippen LogP contribution in [0.15, 0.2) is 36.9 Å². The minimum absolute atomic E-state index is 0.0330. The van der Waals surface area contributed by atoms with Crippen LogP contribution >= 0.6 is 11.6 Å². The van der Waals surface area contributed by atoms with Gasteiger partial charge in [-0.05, 0) is 13.0 Å².